The number of hydrogen-bond donors (Lipinski definition) is 1. The molecule has 1 fully saturated rings. The van der Waals surface area contributed by atoms with Crippen molar-refractivity contribution in [1.82, 2.24) is 0 Å². The molecule has 22 heavy (non-hydrogen) atoms. The number of quaternary nitrogens is 1. The van der Waals surface area contributed by atoms with Gasteiger partial charge in [0.15, 0.2) is 0 Å². The second kappa shape index (κ2) is 6.25. The smallest absolute Gasteiger partial charge is 0.336 e. The fourth-order valence-corrected chi connectivity index (χ4v) is 3.98. The van der Waals surface area contributed by atoms with Gasteiger partial charge in [-0.15, -0.1) is 0 Å². The average molecular weight is 300 g/mol. The Morgan fingerprint density at radius 2 is 1.91 bits per heavy atom. The number of rotatable bonds is 3. The van der Waals surface area contributed by atoms with Crippen LogP contribution in [0.3, 0.4) is 0 Å². The second-order valence-corrected chi connectivity index (χ2v) is 7.06. The number of likely N-dealkylation sites (tertiary alicyclic amines) is 1. The van der Waals surface area contributed by atoms with E-state index in [1.165, 1.54) is 25.1 Å². The lowest BCUT2D eigenvalue weighted by Gasteiger charge is -2.32. The monoisotopic (exact) mass is 300 g/mol. The van der Waals surface area contributed by atoms with Gasteiger partial charge in [-0.1, -0.05) is 32.9 Å². The van der Waals surface area contributed by atoms with E-state index in [2.05, 4.69) is 32.9 Å². The van der Waals surface area contributed by atoms with E-state index in [0.29, 0.717) is 0 Å². The molecular formula is C19H26NO2+. The SMILES string of the molecule is CCc1ccc2c(C[NH+]3C[C@@H](C)C[C@H](C)C3)cc(=O)oc2c1. The van der Waals surface area contributed by atoms with Crippen molar-refractivity contribution in [3.05, 3.63) is 45.8 Å². The van der Waals surface area contributed by atoms with Crippen LogP contribution >= 0.6 is 0 Å². The number of nitrogens with one attached hydrogen (secondary N) is 1. The van der Waals surface area contributed by atoms with Crippen LogP contribution in [0.1, 0.15) is 38.3 Å². The highest BCUT2D eigenvalue weighted by Crippen LogP contribution is 2.19. The van der Waals surface area contributed by atoms with E-state index in [0.717, 1.165) is 41.3 Å². The van der Waals surface area contributed by atoms with Crippen molar-refractivity contribution in [2.45, 2.75) is 40.2 Å². The first-order chi connectivity index (χ1) is 10.5. The van der Waals surface area contributed by atoms with Crippen LogP contribution in [-0.4, -0.2) is 13.1 Å². The first kappa shape index (κ1) is 15.3. The number of piperidine rings is 1. The molecular weight excluding hydrogens is 274 g/mol. The molecule has 0 saturated carbocycles. The zero-order valence-electron chi connectivity index (χ0n) is 13.8. The molecule has 2 aromatic rings. The Morgan fingerprint density at radius 3 is 2.59 bits per heavy atom. The fourth-order valence-electron chi connectivity index (χ4n) is 3.98. The Bertz CT molecular complexity index is 709. The van der Waals surface area contributed by atoms with E-state index in [9.17, 15) is 4.79 Å². The lowest BCUT2D eigenvalue weighted by molar-refractivity contribution is -0.925. The Labute approximate surface area is 131 Å². The molecule has 118 valence electrons. The maximum absolute atomic E-state index is 11.9. The van der Waals surface area contributed by atoms with E-state index < -0.39 is 0 Å². The van der Waals surface area contributed by atoms with Crippen molar-refractivity contribution in [1.29, 1.82) is 0 Å². The van der Waals surface area contributed by atoms with E-state index in [4.69, 9.17) is 4.42 Å². The molecule has 3 rings (SSSR count). The molecule has 0 unspecified atom stereocenters. The molecule has 1 aliphatic heterocycles. The summed E-state index contributed by atoms with van der Waals surface area (Å²) in [6.07, 6.45) is 2.28. The third-order valence-corrected chi connectivity index (χ3v) is 4.82. The second-order valence-electron chi connectivity index (χ2n) is 7.06. The molecule has 2 heterocycles. The summed E-state index contributed by atoms with van der Waals surface area (Å²) in [6.45, 7) is 10.1. The minimum atomic E-state index is -0.228. The molecule has 1 aromatic heterocycles. The third kappa shape index (κ3) is 3.25. The normalized spacial score (nSPS) is 25.5. The molecule has 3 nitrogen and oxygen atoms in total. The minimum Gasteiger partial charge on any atom is -0.423 e. The molecule has 1 aliphatic rings. The van der Waals surface area contributed by atoms with Crippen LogP contribution in [0.15, 0.2) is 33.5 Å². The van der Waals surface area contributed by atoms with Crippen molar-refractivity contribution in [2.75, 3.05) is 13.1 Å². The lowest BCUT2D eigenvalue weighted by atomic mass is 9.91. The van der Waals surface area contributed by atoms with Crippen molar-refractivity contribution in [3.8, 4) is 0 Å². The van der Waals surface area contributed by atoms with Gasteiger partial charge in [-0.25, -0.2) is 4.79 Å². The molecule has 0 spiro atoms. The maximum Gasteiger partial charge on any atom is 0.336 e. The summed E-state index contributed by atoms with van der Waals surface area (Å²) in [7, 11) is 0. The van der Waals surface area contributed by atoms with Crippen molar-refractivity contribution in [2.24, 2.45) is 11.8 Å². The summed E-state index contributed by atoms with van der Waals surface area (Å²) in [6, 6.07) is 7.95. The largest absolute Gasteiger partial charge is 0.423 e. The van der Waals surface area contributed by atoms with E-state index >= 15 is 0 Å². The summed E-state index contributed by atoms with van der Waals surface area (Å²) in [5.74, 6) is 1.52. The Morgan fingerprint density at radius 1 is 1.18 bits per heavy atom. The van der Waals surface area contributed by atoms with Crippen molar-refractivity contribution >= 4 is 11.0 Å². The van der Waals surface area contributed by atoms with Gasteiger partial charge in [0.1, 0.15) is 12.1 Å². The van der Waals surface area contributed by atoms with Crippen LogP contribution in [-0.2, 0) is 13.0 Å². The number of benzene rings is 1. The van der Waals surface area contributed by atoms with Crippen LogP contribution < -0.4 is 10.5 Å². The third-order valence-electron chi connectivity index (χ3n) is 4.82. The summed E-state index contributed by atoms with van der Waals surface area (Å²) in [5, 5.41) is 1.09. The van der Waals surface area contributed by atoms with E-state index in [1.807, 2.05) is 6.07 Å². The highest BCUT2D eigenvalue weighted by Gasteiger charge is 2.25. The standard InChI is InChI=1S/C19H25NO2/c1-4-15-5-6-17-16(9-19(21)22-18(17)8-15)12-20-10-13(2)7-14(3)11-20/h5-6,8-9,13-14H,4,7,10-12H2,1-3H3/p+1/t13-,14-/m0/s1. The highest BCUT2D eigenvalue weighted by atomic mass is 16.4. The van der Waals surface area contributed by atoms with Crippen LogP contribution in [0.25, 0.3) is 11.0 Å². The van der Waals surface area contributed by atoms with Crippen LogP contribution in [0.2, 0.25) is 0 Å². The lowest BCUT2D eigenvalue weighted by Crippen LogP contribution is -3.13. The van der Waals surface area contributed by atoms with Gasteiger partial charge < -0.3 is 9.32 Å². The molecule has 1 saturated heterocycles. The number of aryl methyl sites for hydroxylation is 1. The highest BCUT2D eigenvalue weighted by molar-refractivity contribution is 5.80. The van der Waals surface area contributed by atoms with Gasteiger partial charge in [0.05, 0.1) is 13.1 Å². The van der Waals surface area contributed by atoms with Crippen molar-refractivity contribution in [3.63, 3.8) is 0 Å². The topological polar surface area (TPSA) is 34.7 Å². The zero-order chi connectivity index (χ0) is 15.7. The predicted molar refractivity (Wildman–Crippen MR) is 89.2 cm³/mol. The van der Waals surface area contributed by atoms with Gasteiger partial charge in [0.25, 0.3) is 0 Å². The van der Waals surface area contributed by atoms with Gasteiger partial charge in [-0.05, 0) is 24.5 Å². The van der Waals surface area contributed by atoms with E-state index in [-0.39, 0.29) is 5.63 Å². The van der Waals surface area contributed by atoms with Gasteiger partial charge in [0, 0.05) is 28.9 Å². The van der Waals surface area contributed by atoms with Gasteiger partial charge in [-0.3, -0.25) is 0 Å². The quantitative estimate of drug-likeness (QED) is 0.884. The zero-order valence-corrected chi connectivity index (χ0v) is 13.8. The molecule has 2 atom stereocenters. The van der Waals surface area contributed by atoms with Crippen LogP contribution in [0.5, 0.6) is 0 Å². The number of fused-ring (bicyclic) bond motifs is 1. The van der Waals surface area contributed by atoms with Crippen LogP contribution in [0, 0.1) is 11.8 Å². The summed E-state index contributed by atoms with van der Waals surface area (Å²) in [5.41, 5.74) is 2.85. The first-order valence-electron chi connectivity index (χ1n) is 8.44. The Hall–Kier alpha value is -1.61. The fraction of sp³-hybridized carbons (Fsp3) is 0.526. The predicted octanol–water partition coefficient (Wildman–Crippen LogP) is 2.42. The summed E-state index contributed by atoms with van der Waals surface area (Å²) in [4.78, 5) is 13.5. The molecule has 1 N–H and O–H groups in total. The van der Waals surface area contributed by atoms with Crippen LogP contribution in [0.4, 0.5) is 0 Å². The van der Waals surface area contributed by atoms with Crippen molar-refractivity contribution < 1.29 is 9.32 Å². The van der Waals surface area contributed by atoms with E-state index in [1.54, 1.807) is 11.0 Å². The maximum atomic E-state index is 11.9. The molecule has 0 bridgehead atoms. The van der Waals surface area contributed by atoms with Gasteiger partial charge >= 0.3 is 5.63 Å². The molecule has 1 aromatic carbocycles. The molecule has 0 aliphatic carbocycles. The Balaban J connectivity index is 1.94. The molecule has 3 heteroatoms. The number of hydrogen-bond acceptors (Lipinski definition) is 2. The molecule has 0 amide bonds. The summed E-state index contributed by atoms with van der Waals surface area (Å²) < 4.78 is 5.41. The Kier molecular flexibility index (Phi) is 4.34. The average Bonchev–Trinajstić information content (AvgIpc) is 2.45. The van der Waals surface area contributed by atoms with Gasteiger partial charge in [0.2, 0.25) is 0 Å². The summed E-state index contributed by atoms with van der Waals surface area (Å²) >= 11 is 0. The minimum absolute atomic E-state index is 0.228. The molecule has 0 radical (unpaired) electrons. The van der Waals surface area contributed by atoms with Gasteiger partial charge in [-0.2, -0.15) is 0 Å². The first-order valence-corrected chi connectivity index (χ1v) is 8.44.